The zero-order chi connectivity index (χ0) is 39.2. The van der Waals surface area contributed by atoms with Gasteiger partial charge in [-0.2, -0.15) is 0 Å². The third kappa shape index (κ3) is 38.8. The molecule has 0 unspecified atom stereocenters. The summed E-state index contributed by atoms with van der Waals surface area (Å²) in [5.74, 6) is -3.15. The quantitative estimate of drug-likeness (QED) is 0.0563. The van der Waals surface area contributed by atoms with Gasteiger partial charge in [0.15, 0.2) is 5.78 Å². The number of rotatable bonds is 42. The highest BCUT2D eigenvalue weighted by Gasteiger charge is 2.21. The Morgan fingerprint density at radius 3 is 1.45 bits per heavy atom. The first-order chi connectivity index (χ1) is 25.6. The number of carboxylic acid groups (broad SMARTS) is 2. The molecule has 0 aromatic rings. The summed E-state index contributed by atoms with van der Waals surface area (Å²) in [5.41, 5.74) is 0. The summed E-state index contributed by atoms with van der Waals surface area (Å²) in [4.78, 5) is 68.7. The largest absolute Gasteiger partial charge is 0.481 e. The van der Waals surface area contributed by atoms with Crippen molar-refractivity contribution in [3.8, 4) is 0 Å². The van der Waals surface area contributed by atoms with E-state index >= 15 is 0 Å². The van der Waals surface area contributed by atoms with Crippen LogP contribution in [0.2, 0.25) is 0 Å². The summed E-state index contributed by atoms with van der Waals surface area (Å²) >= 11 is 0. The Bertz CT molecular complexity index is 973. The second kappa shape index (κ2) is 37.6. The Labute approximate surface area is 318 Å². The Hall–Kier alpha value is -2.74. The molecule has 0 aliphatic rings. The molecule has 0 aliphatic carbocycles. The van der Waals surface area contributed by atoms with E-state index in [1.807, 2.05) is 0 Å². The highest BCUT2D eigenvalue weighted by Crippen LogP contribution is 2.15. The molecule has 308 valence electrons. The summed E-state index contributed by atoms with van der Waals surface area (Å²) in [5, 5.41) is 20.5. The number of aliphatic carboxylic acids is 2. The highest BCUT2D eigenvalue weighted by molar-refractivity contribution is 5.85. The summed E-state index contributed by atoms with van der Waals surface area (Å²) in [7, 11) is 0. The number of unbranched alkanes of at least 4 members (excludes halogenated alkanes) is 15. The molecule has 1 amide bonds. The van der Waals surface area contributed by atoms with E-state index in [4.69, 9.17) is 24.1 Å². The summed E-state index contributed by atoms with van der Waals surface area (Å²) in [6.45, 7) is 3.05. The lowest BCUT2D eigenvalue weighted by Gasteiger charge is -2.11. The maximum atomic E-state index is 12.1. The van der Waals surface area contributed by atoms with Crippen LogP contribution in [0.1, 0.15) is 155 Å². The second-order valence-corrected chi connectivity index (χ2v) is 13.9. The van der Waals surface area contributed by atoms with Crippen molar-refractivity contribution >= 4 is 35.2 Å². The fourth-order valence-corrected chi connectivity index (χ4v) is 5.70. The Kier molecular flexibility index (Phi) is 35.6. The number of carbonyl (C=O) groups excluding carboxylic acids is 4. The van der Waals surface area contributed by atoms with Gasteiger partial charge in [-0.25, -0.2) is 0 Å². The average Bonchev–Trinajstić information content (AvgIpc) is 3.11. The average molecular weight is 758 g/mol. The van der Waals surface area contributed by atoms with Gasteiger partial charge >= 0.3 is 11.9 Å². The van der Waals surface area contributed by atoms with Crippen molar-refractivity contribution in [1.82, 2.24) is 5.32 Å². The maximum Gasteiger partial charge on any atom is 0.306 e. The second-order valence-electron chi connectivity index (χ2n) is 13.9. The minimum Gasteiger partial charge on any atom is -0.481 e. The van der Waals surface area contributed by atoms with Gasteiger partial charge in [0.1, 0.15) is 24.8 Å². The molecule has 0 rings (SSSR count). The normalized spacial score (nSPS) is 11.7. The number of Topliss-reactive ketones (excluding diaryl/α,β-unsaturated/α-hetero) is 3. The van der Waals surface area contributed by atoms with Crippen molar-refractivity contribution in [2.75, 3.05) is 59.4 Å². The third-order valence-electron chi connectivity index (χ3n) is 8.82. The van der Waals surface area contributed by atoms with E-state index in [0.29, 0.717) is 38.9 Å². The molecular formula is C40H71NO12. The van der Waals surface area contributed by atoms with Crippen molar-refractivity contribution in [3.05, 3.63) is 0 Å². The number of hydrogen-bond acceptors (Lipinski definition) is 10. The number of carboxylic acids is 2. The topological polar surface area (TPSA) is 192 Å². The standard InChI is InChI=1S/C40H71NO12/c1-34(42)22-23-35(40(48)49)31-37(44)32-52-29-28-51-26-24-41-38(45)33-53-30-27-50-25-18-20-36(43)19-16-14-12-10-8-6-4-2-3-5-7-9-11-13-15-17-21-39(46)47/h35H,2-33H2,1H3,(H,41,45)(H,46,47)(H,48,49)/t35-/m1/s1. The van der Waals surface area contributed by atoms with Crippen LogP contribution in [-0.4, -0.2) is 105 Å². The van der Waals surface area contributed by atoms with Crippen LogP contribution in [0.15, 0.2) is 0 Å². The number of hydrogen-bond donors (Lipinski definition) is 3. The van der Waals surface area contributed by atoms with Gasteiger partial charge in [-0.15, -0.1) is 0 Å². The van der Waals surface area contributed by atoms with Gasteiger partial charge < -0.3 is 39.3 Å². The van der Waals surface area contributed by atoms with Gasteiger partial charge in [-0.3, -0.25) is 24.0 Å². The monoisotopic (exact) mass is 757 g/mol. The van der Waals surface area contributed by atoms with Crippen LogP contribution >= 0.6 is 0 Å². The first-order valence-electron chi connectivity index (χ1n) is 20.2. The SMILES string of the molecule is CC(=O)CC[C@H](CC(=O)COCCOCCNC(=O)COCCOCCCC(=O)CCCCCCCCCCCCCCCCCCC(=O)O)C(=O)O. The first-order valence-corrected chi connectivity index (χ1v) is 20.2. The molecule has 0 aromatic carbocycles. The molecule has 0 radical (unpaired) electrons. The molecular weight excluding hydrogens is 686 g/mol. The van der Waals surface area contributed by atoms with E-state index in [9.17, 15) is 33.9 Å². The van der Waals surface area contributed by atoms with Gasteiger partial charge in [-0.1, -0.05) is 89.9 Å². The molecule has 0 bridgehead atoms. The Morgan fingerprint density at radius 1 is 0.491 bits per heavy atom. The number of carbonyl (C=O) groups is 6. The highest BCUT2D eigenvalue weighted by atomic mass is 16.5. The Morgan fingerprint density at radius 2 is 0.943 bits per heavy atom. The number of nitrogens with one attached hydrogen (secondary N) is 1. The van der Waals surface area contributed by atoms with Crippen molar-refractivity contribution < 1.29 is 57.9 Å². The van der Waals surface area contributed by atoms with Gasteiger partial charge in [0.2, 0.25) is 5.91 Å². The molecule has 13 nitrogen and oxygen atoms in total. The predicted octanol–water partition coefficient (Wildman–Crippen LogP) is 6.65. The van der Waals surface area contributed by atoms with Crippen LogP contribution in [0.3, 0.4) is 0 Å². The minimum atomic E-state index is -1.10. The summed E-state index contributed by atoms with van der Waals surface area (Å²) in [6, 6.07) is 0. The molecule has 0 aromatic heterocycles. The molecule has 0 heterocycles. The van der Waals surface area contributed by atoms with Crippen molar-refractivity contribution in [1.29, 1.82) is 0 Å². The van der Waals surface area contributed by atoms with E-state index in [-0.39, 0.29) is 88.7 Å². The molecule has 0 saturated carbocycles. The van der Waals surface area contributed by atoms with E-state index in [0.717, 1.165) is 32.1 Å². The smallest absolute Gasteiger partial charge is 0.306 e. The molecule has 0 saturated heterocycles. The molecule has 0 aliphatic heterocycles. The maximum absolute atomic E-state index is 12.1. The number of amides is 1. The minimum absolute atomic E-state index is 0.0986. The van der Waals surface area contributed by atoms with Crippen LogP contribution in [0.4, 0.5) is 0 Å². The molecule has 3 N–H and O–H groups in total. The van der Waals surface area contributed by atoms with Crippen LogP contribution in [0, 0.1) is 5.92 Å². The number of ketones is 3. The lowest BCUT2D eigenvalue weighted by molar-refractivity contribution is -0.144. The molecule has 0 fully saturated rings. The zero-order valence-corrected chi connectivity index (χ0v) is 32.7. The molecule has 13 heteroatoms. The van der Waals surface area contributed by atoms with Crippen LogP contribution in [-0.2, 0) is 47.7 Å². The third-order valence-corrected chi connectivity index (χ3v) is 8.82. The van der Waals surface area contributed by atoms with E-state index in [2.05, 4.69) is 5.32 Å². The Balaban J connectivity index is 3.40. The van der Waals surface area contributed by atoms with Crippen molar-refractivity contribution in [2.45, 2.75) is 155 Å². The van der Waals surface area contributed by atoms with E-state index in [1.165, 1.54) is 77.6 Å². The fourth-order valence-electron chi connectivity index (χ4n) is 5.70. The lowest BCUT2D eigenvalue weighted by Crippen LogP contribution is -2.31. The van der Waals surface area contributed by atoms with E-state index < -0.39 is 17.9 Å². The van der Waals surface area contributed by atoms with Gasteiger partial charge in [0.05, 0.1) is 39.0 Å². The van der Waals surface area contributed by atoms with E-state index in [1.54, 1.807) is 0 Å². The first kappa shape index (κ1) is 50.3. The van der Waals surface area contributed by atoms with Gasteiger partial charge in [0.25, 0.3) is 0 Å². The molecule has 1 atom stereocenters. The fraction of sp³-hybridized carbons (Fsp3) is 0.850. The zero-order valence-electron chi connectivity index (χ0n) is 32.7. The molecule has 53 heavy (non-hydrogen) atoms. The predicted molar refractivity (Wildman–Crippen MR) is 202 cm³/mol. The van der Waals surface area contributed by atoms with Crippen molar-refractivity contribution in [2.24, 2.45) is 5.92 Å². The summed E-state index contributed by atoms with van der Waals surface area (Å²) in [6.07, 6.45) is 21.4. The molecule has 0 spiro atoms. The summed E-state index contributed by atoms with van der Waals surface area (Å²) < 4.78 is 21.4. The van der Waals surface area contributed by atoms with Crippen LogP contribution < -0.4 is 5.32 Å². The van der Waals surface area contributed by atoms with Crippen LogP contribution in [0.25, 0.3) is 0 Å². The lowest BCUT2D eigenvalue weighted by atomic mass is 9.96. The van der Waals surface area contributed by atoms with Crippen LogP contribution in [0.5, 0.6) is 0 Å². The van der Waals surface area contributed by atoms with Crippen molar-refractivity contribution in [3.63, 3.8) is 0 Å². The number of ether oxygens (including phenoxy) is 4. The van der Waals surface area contributed by atoms with Gasteiger partial charge in [-0.05, 0) is 32.6 Å². The van der Waals surface area contributed by atoms with Gasteiger partial charge in [0, 0.05) is 45.3 Å².